The van der Waals surface area contributed by atoms with E-state index in [1.807, 2.05) is 12.1 Å². The van der Waals surface area contributed by atoms with Gasteiger partial charge >= 0.3 is 0 Å². The molecule has 1 unspecified atom stereocenters. The number of amides is 2. The van der Waals surface area contributed by atoms with Crippen LogP contribution in [-0.2, 0) is 16.0 Å². The van der Waals surface area contributed by atoms with E-state index in [0.717, 1.165) is 0 Å². The lowest BCUT2D eigenvalue weighted by Gasteiger charge is -2.22. The number of aromatic nitrogens is 1. The Morgan fingerprint density at radius 2 is 2.00 bits per heavy atom. The van der Waals surface area contributed by atoms with E-state index in [-0.39, 0.29) is 23.6 Å². The minimum Gasteiger partial charge on any atom is -0.360 e. The van der Waals surface area contributed by atoms with Crippen molar-refractivity contribution in [2.24, 2.45) is 0 Å². The molecular weight excluding hydrogens is 308 g/mol. The highest BCUT2D eigenvalue weighted by atomic mass is 16.5. The number of hydrogen-bond donors (Lipinski definition) is 1. The summed E-state index contributed by atoms with van der Waals surface area (Å²) in [6.45, 7) is 1.61. The first-order valence-electron chi connectivity index (χ1n) is 7.34. The molecule has 0 aliphatic rings. The highest BCUT2D eigenvalue weighted by molar-refractivity contribution is 5.89. The van der Waals surface area contributed by atoms with E-state index < -0.39 is 11.9 Å². The quantitative estimate of drug-likeness (QED) is 0.894. The first kappa shape index (κ1) is 17.2. The predicted molar refractivity (Wildman–Crippen MR) is 85.7 cm³/mol. The van der Waals surface area contributed by atoms with Crippen LogP contribution in [-0.4, -0.2) is 36.0 Å². The molecule has 0 radical (unpaired) electrons. The molecule has 7 nitrogen and oxygen atoms in total. The number of rotatable bonds is 5. The molecule has 0 fully saturated rings. The molecule has 0 saturated carbocycles. The number of carbonyl (C=O) groups excluding carboxylic acids is 2. The number of aryl methyl sites for hydroxylation is 1. The van der Waals surface area contributed by atoms with Crippen molar-refractivity contribution in [3.8, 4) is 6.07 Å². The molecule has 24 heavy (non-hydrogen) atoms. The van der Waals surface area contributed by atoms with Crippen LogP contribution in [0.25, 0.3) is 0 Å². The number of nitriles is 1. The van der Waals surface area contributed by atoms with E-state index in [4.69, 9.17) is 9.78 Å². The fourth-order valence-corrected chi connectivity index (χ4v) is 2.24. The van der Waals surface area contributed by atoms with Gasteiger partial charge in [0.05, 0.1) is 6.42 Å². The molecule has 7 heteroatoms. The first-order chi connectivity index (χ1) is 11.4. The standard InChI is InChI=1S/C17H18N4O3/c1-11-13(10-18)14(20-24-11)9-15(22)19-16(17(23)21(2)3)12-7-5-4-6-8-12/h4-8,16H,9H2,1-3H3,(H,19,22). The molecule has 2 aromatic rings. The lowest BCUT2D eigenvalue weighted by atomic mass is 10.1. The SMILES string of the molecule is Cc1onc(CC(=O)NC(C(=O)N(C)C)c2ccccc2)c1C#N. The van der Waals surface area contributed by atoms with Crippen LogP contribution in [0.1, 0.15) is 28.6 Å². The second-order valence-electron chi connectivity index (χ2n) is 5.49. The predicted octanol–water partition coefficient (Wildman–Crippen LogP) is 1.34. The maximum absolute atomic E-state index is 12.4. The average molecular weight is 326 g/mol. The summed E-state index contributed by atoms with van der Waals surface area (Å²) >= 11 is 0. The van der Waals surface area contributed by atoms with Gasteiger partial charge in [-0.25, -0.2) is 0 Å². The zero-order valence-corrected chi connectivity index (χ0v) is 13.7. The maximum Gasteiger partial charge on any atom is 0.249 e. The van der Waals surface area contributed by atoms with Gasteiger partial charge in [0, 0.05) is 14.1 Å². The van der Waals surface area contributed by atoms with Crippen molar-refractivity contribution in [2.45, 2.75) is 19.4 Å². The molecule has 0 saturated heterocycles. The number of carbonyl (C=O) groups is 2. The zero-order valence-electron chi connectivity index (χ0n) is 13.7. The molecule has 1 atom stereocenters. The van der Waals surface area contributed by atoms with E-state index in [1.165, 1.54) is 4.90 Å². The van der Waals surface area contributed by atoms with Gasteiger partial charge < -0.3 is 14.7 Å². The number of hydrogen-bond acceptors (Lipinski definition) is 5. The molecule has 0 aliphatic carbocycles. The lowest BCUT2D eigenvalue weighted by Crippen LogP contribution is -2.40. The van der Waals surface area contributed by atoms with Crippen molar-refractivity contribution < 1.29 is 14.1 Å². The van der Waals surface area contributed by atoms with Crippen molar-refractivity contribution >= 4 is 11.8 Å². The van der Waals surface area contributed by atoms with Gasteiger partial charge in [0.2, 0.25) is 11.8 Å². The second-order valence-corrected chi connectivity index (χ2v) is 5.49. The van der Waals surface area contributed by atoms with Crippen LogP contribution >= 0.6 is 0 Å². The molecular formula is C17H18N4O3. The van der Waals surface area contributed by atoms with Crippen molar-refractivity contribution in [3.05, 3.63) is 52.9 Å². The smallest absolute Gasteiger partial charge is 0.249 e. The van der Waals surface area contributed by atoms with E-state index in [2.05, 4.69) is 10.5 Å². The largest absolute Gasteiger partial charge is 0.360 e. The van der Waals surface area contributed by atoms with Gasteiger partial charge in [0.15, 0.2) is 5.76 Å². The topological polar surface area (TPSA) is 99.2 Å². The third-order valence-corrected chi connectivity index (χ3v) is 3.50. The van der Waals surface area contributed by atoms with Crippen molar-refractivity contribution in [3.63, 3.8) is 0 Å². The minimum atomic E-state index is -0.799. The number of likely N-dealkylation sites (N-methyl/N-ethyl adjacent to an activating group) is 1. The third kappa shape index (κ3) is 3.79. The van der Waals surface area contributed by atoms with Crippen LogP contribution in [0.2, 0.25) is 0 Å². The Morgan fingerprint density at radius 3 is 2.58 bits per heavy atom. The van der Waals surface area contributed by atoms with Gasteiger partial charge in [0.25, 0.3) is 0 Å². The summed E-state index contributed by atoms with van der Waals surface area (Å²) in [5.74, 6) is -0.292. The summed E-state index contributed by atoms with van der Waals surface area (Å²) in [6.07, 6.45) is -0.135. The number of nitrogens with zero attached hydrogens (tertiary/aromatic N) is 3. The highest BCUT2D eigenvalue weighted by Crippen LogP contribution is 2.16. The summed E-state index contributed by atoms with van der Waals surface area (Å²) in [6, 6.07) is 10.1. The van der Waals surface area contributed by atoms with Gasteiger partial charge in [-0.05, 0) is 12.5 Å². The van der Waals surface area contributed by atoms with E-state index >= 15 is 0 Å². The summed E-state index contributed by atoms with van der Waals surface area (Å²) in [5, 5.41) is 15.5. The molecule has 1 heterocycles. The van der Waals surface area contributed by atoms with Gasteiger partial charge in [-0.15, -0.1) is 0 Å². The summed E-state index contributed by atoms with van der Waals surface area (Å²) < 4.78 is 4.94. The summed E-state index contributed by atoms with van der Waals surface area (Å²) in [4.78, 5) is 26.1. The molecule has 124 valence electrons. The van der Waals surface area contributed by atoms with E-state index in [0.29, 0.717) is 11.3 Å². The van der Waals surface area contributed by atoms with E-state index in [1.54, 1.807) is 45.3 Å². The molecule has 1 N–H and O–H groups in total. The second kappa shape index (κ2) is 7.42. The zero-order chi connectivity index (χ0) is 17.7. The fourth-order valence-electron chi connectivity index (χ4n) is 2.24. The van der Waals surface area contributed by atoms with Gasteiger partial charge in [-0.1, -0.05) is 35.5 Å². The van der Waals surface area contributed by atoms with Crippen LogP contribution in [0.5, 0.6) is 0 Å². The third-order valence-electron chi connectivity index (χ3n) is 3.50. The van der Waals surface area contributed by atoms with Crippen molar-refractivity contribution in [1.29, 1.82) is 5.26 Å². The normalized spacial score (nSPS) is 11.4. The average Bonchev–Trinajstić information content (AvgIpc) is 2.92. The summed E-state index contributed by atoms with van der Waals surface area (Å²) in [7, 11) is 3.25. The molecule has 0 aliphatic heterocycles. The van der Waals surface area contributed by atoms with Crippen molar-refractivity contribution in [1.82, 2.24) is 15.4 Å². The Morgan fingerprint density at radius 1 is 1.33 bits per heavy atom. The van der Waals surface area contributed by atoms with Crippen LogP contribution in [0.3, 0.4) is 0 Å². The van der Waals surface area contributed by atoms with Gasteiger partial charge in [-0.3, -0.25) is 9.59 Å². The number of nitrogens with one attached hydrogen (secondary N) is 1. The Labute approximate surface area is 139 Å². The Hall–Kier alpha value is -3.14. The fraction of sp³-hybridized carbons (Fsp3) is 0.294. The minimum absolute atomic E-state index is 0.135. The molecule has 1 aromatic carbocycles. The van der Waals surface area contributed by atoms with E-state index in [9.17, 15) is 9.59 Å². The Balaban J connectivity index is 2.19. The maximum atomic E-state index is 12.4. The lowest BCUT2D eigenvalue weighted by molar-refractivity contribution is -0.134. The molecule has 0 bridgehead atoms. The number of benzene rings is 1. The Bertz CT molecular complexity index is 775. The first-order valence-corrected chi connectivity index (χ1v) is 7.34. The summed E-state index contributed by atoms with van der Waals surface area (Å²) in [5.41, 5.74) is 1.19. The van der Waals surface area contributed by atoms with Crippen LogP contribution in [0.15, 0.2) is 34.9 Å². The molecule has 2 rings (SSSR count). The monoisotopic (exact) mass is 326 g/mol. The van der Waals surface area contributed by atoms with Gasteiger partial charge in [-0.2, -0.15) is 5.26 Å². The van der Waals surface area contributed by atoms with Crippen LogP contribution in [0.4, 0.5) is 0 Å². The van der Waals surface area contributed by atoms with Crippen molar-refractivity contribution in [2.75, 3.05) is 14.1 Å². The highest BCUT2D eigenvalue weighted by Gasteiger charge is 2.25. The molecule has 1 aromatic heterocycles. The van der Waals surface area contributed by atoms with Crippen LogP contribution in [0, 0.1) is 18.3 Å². The van der Waals surface area contributed by atoms with Gasteiger partial charge in [0.1, 0.15) is 23.4 Å². The Kier molecular flexibility index (Phi) is 5.32. The molecule has 0 spiro atoms. The van der Waals surface area contributed by atoms with Crippen LogP contribution < -0.4 is 5.32 Å². The molecule has 2 amide bonds.